The fourth-order valence-corrected chi connectivity index (χ4v) is 4.64. The first-order valence-electron chi connectivity index (χ1n) is 7.44. The first-order chi connectivity index (χ1) is 9.12. The second kappa shape index (κ2) is 7.02. The molecule has 0 aromatic rings. The van der Waals surface area contributed by atoms with Gasteiger partial charge < -0.3 is 10.1 Å². The van der Waals surface area contributed by atoms with E-state index in [1.807, 2.05) is 0 Å². The van der Waals surface area contributed by atoms with Gasteiger partial charge in [-0.3, -0.25) is 0 Å². The summed E-state index contributed by atoms with van der Waals surface area (Å²) in [5.74, 6) is 0.244. The molecule has 2 heterocycles. The van der Waals surface area contributed by atoms with E-state index >= 15 is 0 Å². The Morgan fingerprint density at radius 2 is 2.16 bits per heavy atom. The summed E-state index contributed by atoms with van der Waals surface area (Å²) in [5, 5.41) is 3.26. The van der Waals surface area contributed by atoms with Crippen molar-refractivity contribution in [3.05, 3.63) is 0 Å². The first kappa shape index (κ1) is 15.2. The Hall–Kier alpha value is -0.170. The lowest BCUT2D eigenvalue weighted by molar-refractivity contribution is 0.0193. The number of nitrogens with zero attached hydrogens (tertiary/aromatic N) is 1. The molecule has 0 saturated carbocycles. The van der Waals surface area contributed by atoms with Gasteiger partial charge in [-0.2, -0.15) is 4.31 Å². The number of nitrogens with one attached hydrogen (secondary N) is 1. The molecule has 0 amide bonds. The summed E-state index contributed by atoms with van der Waals surface area (Å²) in [5.41, 5.74) is 0. The number of sulfonamides is 1. The molecular formula is C13H26N2O3S. The van der Waals surface area contributed by atoms with E-state index in [4.69, 9.17) is 4.74 Å². The molecule has 0 spiro atoms. The molecule has 0 aromatic heterocycles. The van der Waals surface area contributed by atoms with Crippen LogP contribution in [0.25, 0.3) is 0 Å². The van der Waals surface area contributed by atoms with Crippen LogP contribution in [-0.4, -0.2) is 56.9 Å². The van der Waals surface area contributed by atoms with Gasteiger partial charge in [0.15, 0.2) is 0 Å². The highest BCUT2D eigenvalue weighted by Gasteiger charge is 2.31. The molecule has 2 atom stereocenters. The van der Waals surface area contributed by atoms with Crippen LogP contribution < -0.4 is 5.32 Å². The lowest BCUT2D eigenvalue weighted by atomic mass is 10.1. The Labute approximate surface area is 116 Å². The molecule has 2 aliphatic heterocycles. The van der Waals surface area contributed by atoms with Gasteiger partial charge in [-0.1, -0.05) is 6.92 Å². The third-order valence-corrected chi connectivity index (χ3v) is 5.81. The van der Waals surface area contributed by atoms with Crippen LogP contribution in [0.15, 0.2) is 0 Å². The zero-order valence-electron chi connectivity index (χ0n) is 11.8. The molecule has 2 fully saturated rings. The van der Waals surface area contributed by atoms with Crippen molar-refractivity contribution < 1.29 is 13.2 Å². The number of rotatable bonds is 6. The van der Waals surface area contributed by atoms with Gasteiger partial charge in [-0.05, 0) is 38.6 Å². The van der Waals surface area contributed by atoms with Crippen molar-refractivity contribution in [1.82, 2.24) is 9.62 Å². The molecule has 2 unspecified atom stereocenters. The van der Waals surface area contributed by atoms with Gasteiger partial charge in [0.1, 0.15) is 0 Å². The van der Waals surface area contributed by atoms with Crippen molar-refractivity contribution >= 4 is 10.0 Å². The molecule has 1 N–H and O–H groups in total. The second-order valence-corrected chi connectivity index (χ2v) is 7.58. The van der Waals surface area contributed by atoms with E-state index in [1.54, 1.807) is 4.31 Å². The smallest absolute Gasteiger partial charge is 0.215 e. The van der Waals surface area contributed by atoms with E-state index in [0.717, 1.165) is 45.3 Å². The summed E-state index contributed by atoms with van der Waals surface area (Å²) < 4.78 is 32.1. The molecule has 112 valence electrons. The highest BCUT2D eigenvalue weighted by molar-refractivity contribution is 7.89. The Bertz CT molecular complexity index is 366. The van der Waals surface area contributed by atoms with Gasteiger partial charge in [-0.15, -0.1) is 0 Å². The molecule has 2 aliphatic rings. The van der Waals surface area contributed by atoms with Crippen LogP contribution in [0.5, 0.6) is 0 Å². The van der Waals surface area contributed by atoms with Gasteiger partial charge in [0.2, 0.25) is 10.0 Å². The molecule has 0 radical (unpaired) electrons. The molecular weight excluding hydrogens is 264 g/mol. The Morgan fingerprint density at radius 3 is 2.84 bits per heavy atom. The van der Waals surface area contributed by atoms with E-state index in [9.17, 15) is 8.42 Å². The summed E-state index contributed by atoms with van der Waals surface area (Å²) in [4.78, 5) is 0. The molecule has 0 aliphatic carbocycles. The van der Waals surface area contributed by atoms with Gasteiger partial charge >= 0.3 is 0 Å². The first-order valence-corrected chi connectivity index (χ1v) is 9.05. The van der Waals surface area contributed by atoms with Crippen LogP contribution >= 0.6 is 0 Å². The molecule has 19 heavy (non-hydrogen) atoms. The summed E-state index contributed by atoms with van der Waals surface area (Å²) in [6.45, 7) is 4.93. The monoisotopic (exact) mass is 290 g/mol. The highest BCUT2D eigenvalue weighted by Crippen LogP contribution is 2.19. The minimum absolute atomic E-state index is 0.0833. The predicted molar refractivity (Wildman–Crippen MR) is 75.6 cm³/mol. The minimum atomic E-state index is -3.13. The van der Waals surface area contributed by atoms with Gasteiger partial charge in [0, 0.05) is 25.7 Å². The van der Waals surface area contributed by atoms with Gasteiger partial charge in [0.25, 0.3) is 0 Å². The van der Waals surface area contributed by atoms with Crippen molar-refractivity contribution in [1.29, 1.82) is 0 Å². The zero-order chi connectivity index (χ0) is 13.7. The summed E-state index contributed by atoms with van der Waals surface area (Å²) in [6.07, 6.45) is 5.01. The topological polar surface area (TPSA) is 58.6 Å². The largest absolute Gasteiger partial charge is 0.377 e. The maximum absolute atomic E-state index is 12.4. The minimum Gasteiger partial charge on any atom is -0.377 e. The predicted octanol–water partition coefficient (Wildman–Crippen LogP) is 0.959. The second-order valence-electron chi connectivity index (χ2n) is 5.56. The lowest BCUT2D eigenvalue weighted by Crippen LogP contribution is -2.46. The van der Waals surface area contributed by atoms with E-state index in [1.165, 1.54) is 0 Å². The molecule has 0 aromatic carbocycles. The maximum Gasteiger partial charge on any atom is 0.215 e. The average Bonchev–Trinajstić information content (AvgIpc) is 2.89. The lowest BCUT2D eigenvalue weighted by Gasteiger charge is -2.32. The zero-order valence-corrected chi connectivity index (χ0v) is 12.6. The summed E-state index contributed by atoms with van der Waals surface area (Å²) in [6, 6.07) is 0.141. The van der Waals surface area contributed by atoms with Crippen LogP contribution in [0.3, 0.4) is 0 Å². The average molecular weight is 290 g/mol. The van der Waals surface area contributed by atoms with Crippen LogP contribution in [0.1, 0.15) is 39.0 Å². The van der Waals surface area contributed by atoms with E-state index < -0.39 is 10.0 Å². The van der Waals surface area contributed by atoms with Crippen molar-refractivity contribution in [2.45, 2.75) is 51.2 Å². The van der Waals surface area contributed by atoms with Crippen LogP contribution in [0, 0.1) is 0 Å². The maximum atomic E-state index is 12.4. The van der Waals surface area contributed by atoms with Crippen LogP contribution in [-0.2, 0) is 14.8 Å². The third kappa shape index (κ3) is 4.41. The Morgan fingerprint density at radius 1 is 1.32 bits per heavy atom. The van der Waals surface area contributed by atoms with Gasteiger partial charge in [0.05, 0.1) is 11.9 Å². The molecule has 5 nitrogen and oxygen atoms in total. The standard InChI is InChI=1S/C13H26N2O3S/c1-2-9-18-13-6-4-8-15(10-13)19(16,17)11-12-5-3-7-14-12/h12-14H,2-11H2,1H3. The molecule has 2 saturated heterocycles. The fourth-order valence-electron chi connectivity index (χ4n) is 2.84. The van der Waals surface area contributed by atoms with Crippen molar-refractivity contribution in [2.75, 3.05) is 32.0 Å². The van der Waals surface area contributed by atoms with Crippen molar-refractivity contribution in [2.24, 2.45) is 0 Å². The van der Waals surface area contributed by atoms with Crippen LogP contribution in [0.4, 0.5) is 0 Å². The Balaban J connectivity index is 1.87. The number of hydrogen-bond donors (Lipinski definition) is 1. The van der Waals surface area contributed by atoms with Gasteiger partial charge in [-0.25, -0.2) is 8.42 Å². The fraction of sp³-hybridized carbons (Fsp3) is 1.00. The summed E-state index contributed by atoms with van der Waals surface area (Å²) in [7, 11) is -3.13. The SMILES string of the molecule is CCCOC1CCCN(S(=O)(=O)CC2CCCN2)C1. The van der Waals surface area contributed by atoms with Crippen molar-refractivity contribution in [3.63, 3.8) is 0 Å². The molecule has 2 rings (SSSR count). The highest BCUT2D eigenvalue weighted by atomic mass is 32.2. The van der Waals surface area contributed by atoms with E-state index in [2.05, 4.69) is 12.2 Å². The van der Waals surface area contributed by atoms with E-state index in [0.29, 0.717) is 13.1 Å². The van der Waals surface area contributed by atoms with Crippen LogP contribution in [0.2, 0.25) is 0 Å². The number of hydrogen-bond acceptors (Lipinski definition) is 4. The van der Waals surface area contributed by atoms with Crippen molar-refractivity contribution in [3.8, 4) is 0 Å². The quantitative estimate of drug-likeness (QED) is 0.791. The Kier molecular flexibility index (Phi) is 5.62. The van der Waals surface area contributed by atoms with E-state index in [-0.39, 0.29) is 17.9 Å². The normalized spacial score (nSPS) is 29.7. The number of piperidine rings is 1. The molecule has 6 heteroatoms. The number of ether oxygens (including phenoxy) is 1. The third-order valence-electron chi connectivity index (χ3n) is 3.87. The molecule has 0 bridgehead atoms. The summed E-state index contributed by atoms with van der Waals surface area (Å²) >= 11 is 0.